The van der Waals surface area contributed by atoms with Gasteiger partial charge in [-0.15, -0.1) is 0 Å². The van der Waals surface area contributed by atoms with E-state index in [4.69, 9.17) is 23.7 Å². The highest BCUT2D eigenvalue weighted by Crippen LogP contribution is 2.14. The average molecular weight is 571 g/mol. The number of rotatable bonds is 11. The fraction of sp³-hybridized carbons (Fsp3) is 0.880. The molecule has 0 unspecified atom stereocenters. The van der Waals surface area contributed by atoms with Gasteiger partial charge in [0, 0.05) is 25.0 Å². The molecule has 0 aromatic carbocycles. The van der Waals surface area contributed by atoms with Crippen LogP contribution < -0.4 is 0 Å². The molecule has 0 atom stereocenters. The minimum absolute atomic E-state index is 0.101. The van der Waals surface area contributed by atoms with Gasteiger partial charge in [-0.1, -0.05) is 22.9 Å². The van der Waals surface area contributed by atoms with Crippen molar-refractivity contribution in [1.82, 2.24) is 4.90 Å². The first-order valence-electron chi connectivity index (χ1n) is 12.1. The summed E-state index contributed by atoms with van der Waals surface area (Å²) in [5.41, 5.74) is -1.74. The molecule has 10 heteroatoms. The number of halogens is 1. The van der Waals surface area contributed by atoms with Gasteiger partial charge in [-0.25, -0.2) is 14.5 Å². The Labute approximate surface area is 220 Å². The second-order valence-corrected chi connectivity index (χ2v) is 11.5. The molecule has 0 aromatic rings. The van der Waals surface area contributed by atoms with E-state index in [1.807, 2.05) is 27.7 Å². The third kappa shape index (κ3) is 25.5. The van der Waals surface area contributed by atoms with E-state index in [0.29, 0.717) is 26.2 Å². The summed E-state index contributed by atoms with van der Waals surface area (Å²) in [6, 6.07) is 0. The maximum atomic E-state index is 12.1. The lowest BCUT2D eigenvalue weighted by molar-refractivity contribution is -0.155. The van der Waals surface area contributed by atoms with E-state index in [0.717, 1.165) is 23.1 Å². The van der Waals surface area contributed by atoms with Crippen LogP contribution in [-0.2, 0) is 28.5 Å². The van der Waals surface area contributed by atoms with Crippen molar-refractivity contribution in [2.24, 2.45) is 0 Å². The molecule has 35 heavy (non-hydrogen) atoms. The number of amides is 2. The van der Waals surface area contributed by atoms with Crippen molar-refractivity contribution >= 4 is 34.1 Å². The van der Waals surface area contributed by atoms with E-state index in [1.54, 1.807) is 41.5 Å². The van der Waals surface area contributed by atoms with E-state index < -0.39 is 23.4 Å². The van der Waals surface area contributed by atoms with Crippen LogP contribution in [0.2, 0.25) is 0 Å². The summed E-state index contributed by atoms with van der Waals surface area (Å²) in [6.45, 7) is 20.3. The highest BCUT2D eigenvalue weighted by atomic mass is 79.9. The third-order valence-electron chi connectivity index (χ3n) is 3.35. The highest BCUT2D eigenvalue weighted by molar-refractivity contribution is 9.09. The lowest BCUT2D eigenvalue weighted by atomic mass is 10.2. The Morgan fingerprint density at radius 1 is 0.686 bits per heavy atom. The van der Waals surface area contributed by atoms with Gasteiger partial charge in [-0.05, 0) is 75.2 Å². The summed E-state index contributed by atoms with van der Waals surface area (Å²) in [7, 11) is 0. The first-order chi connectivity index (χ1) is 15.9. The minimum atomic E-state index is -0.725. The Bertz CT molecular complexity index is 578. The molecule has 0 aliphatic carbocycles. The number of carbonyl (C=O) groups is 3. The molecule has 0 saturated carbocycles. The molecule has 0 bridgehead atoms. The van der Waals surface area contributed by atoms with E-state index >= 15 is 0 Å². The van der Waals surface area contributed by atoms with Crippen molar-refractivity contribution in [3.63, 3.8) is 0 Å². The molecule has 0 rings (SSSR count). The zero-order chi connectivity index (χ0) is 27.7. The number of imide groups is 1. The zero-order valence-electron chi connectivity index (χ0n) is 23.5. The van der Waals surface area contributed by atoms with Gasteiger partial charge in [0.25, 0.3) is 0 Å². The van der Waals surface area contributed by atoms with Crippen molar-refractivity contribution in [1.29, 1.82) is 0 Å². The van der Waals surface area contributed by atoms with Crippen LogP contribution in [0.5, 0.6) is 0 Å². The zero-order valence-corrected chi connectivity index (χ0v) is 25.0. The van der Waals surface area contributed by atoms with E-state index in [-0.39, 0.29) is 24.7 Å². The summed E-state index contributed by atoms with van der Waals surface area (Å²) in [5, 5.41) is 0.833. The van der Waals surface area contributed by atoms with Crippen molar-refractivity contribution in [2.45, 2.75) is 105 Å². The topological polar surface area (TPSA) is 101 Å². The molecule has 0 aliphatic rings. The van der Waals surface area contributed by atoms with Crippen molar-refractivity contribution < 1.29 is 38.1 Å². The Kier molecular flexibility index (Phi) is 18.3. The standard InChI is InChI=1S/C15H29NO5.C10H19BrO3/c1-8-10-19-11-9-16(12(17)20-14(2,3)4)13(18)21-15(5,6)7;1-10(2,3)14-9(12)5-4-7-13-8-6-11/h8-11H2,1-7H3;4-8H2,1-3H3. The summed E-state index contributed by atoms with van der Waals surface area (Å²) in [6.07, 6.45) is 0.578. The molecule has 0 aliphatic heterocycles. The van der Waals surface area contributed by atoms with Crippen LogP contribution in [0.25, 0.3) is 0 Å². The molecule has 0 aromatic heterocycles. The predicted molar refractivity (Wildman–Crippen MR) is 140 cm³/mol. The Hall–Kier alpha value is -1.39. The Morgan fingerprint density at radius 3 is 1.54 bits per heavy atom. The van der Waals surface area contributed by atoms with Crippen molar-refractivity contribution in [3.8, 4) is 0 Å². The van der Waals surface area contributed by atoms with Crippen molar-refractivity contribution in [2.75, 3.05) is 38.3 Å². The van der Waals surface area contributed by atoms with Gasteiger partial charge in [-0.3, -0.25) is 4.79 Å². The SMILES string of the molecule is CC(C)(C)OC(=O)CCCOCCBr.CCCOCCN(C(=O)OC(C)(C)C)C(=O)OC(C)(C)C. The first kappa shape index (κ1) is 35.8. The summed E-state index contributed by atoms with van der Waals surface area (Å²) < 4.78 is 26.1. The Balaban J connectivity index is 0. The van der Waals surface area contributed by atoms with Gasteiger partial charge in [0.1, 0.15) is 16.8 Å². The van der Waals surface area contributed by atoms with Gasteiger partial charge in [0.2, 0.25) is 0 Å². The van der Waals surface area contributed by atoms with Crippen LogP contribution in [0.4, 0.5) is 9.59 Å². The summed E-state index contributed by atoms with van der Waals surface area (Å²) >= 11 is 3.25. The smallest absolute Gasteiger partial charge is 0.419 e. The van der Waals surface area contributed by atoms with Crippen LogP contribution in [0.15, 0.2) is 0 Å². The van der Waals surface area contributed by atoms with Gasteiger partial charge >= 0.3 is 18.2 Å². The highest BCUT2D eigenvalue weighted by Gasteiger charge is 2.30. The first-order valence-corrected chi connectivity index (χ1v) is 13.2. The third-order valence-corrected chi connectivity index (χ3v) is 3.67. The molecule has 2 amide bonds. The quantitative estimate of drug-likeness (QED) is 0.127. The molecule has 0 radical (unpaired) electrons. The van der Waals surface area contributed by atoms with E-state index in [9.17, 15) is 14.4 Å². The maximum Gasteiger partial charge on any atom is 0.419 e. The van der Waals surface area contributed by atoms with Gasteiger partial charge in [0.15, 0.2) is 0 Å². The number of nitrogens with zero attached hydrogens (tertiary/aromatic N) is 1. The summed E-state index contributed by atoms with van der Waals surface area (Å²) in [5.74, 6) is -0.153. The molecule has 0 spiro atoms. The lowest BCUT2D eigenvalue weighted by Crippen LogP contribution is -2.45. The van der Waals surface area contributed by atoms with Crippen LogP contribution in [-0.4, -0.2) is 78.2 Å². The van der Waals surface area contributed by atoms with Crippen molar-refractivity contribution in [3.05, 3.63) is 0 Å². The van der Waals surface area contributed by atoms with Gasteiger partial charge < -0.3 is 23.7 Å². The van der Waals surface area contributed by atoms with Crippen LogP contribution >= 0.6 is 15.9 Å². The Morgan fingerprint density at radius 2 is 1.14 bits per heavy atom. The lowest BCUT2D eigenvalue weighted by Gasteiger charge is -2.28. The van der Waals surface area contributed by atoms with E-state index in [2.05, 4.69) is 15.9 Å². The summed E-state index contributed by atoms with van der Waals surface area (Å²) in [4.78, 5) is 36.3. The maximum absolute atomic E-state index is 12.1. The second kappa shape index (κ2) is 17.9. The molecule has 0 fully saturated rings. The predicted octanol–water partition coefficient (Wildman–Crippen LogP) is 6.11. The second-order valence-electron chi connectivity index (χ2n) is 10.7. The van der Waals surface area contributed by atoms with Gasteiger partial charge in [-0.2, -0.15) is 0 Å². The molecule has 9 nitrogen and oxygen atoms in total. The largest absolute Gasteiger partial charge is 0.460 e. The van der Waals surface area contributed by atoms with Crippen LogP contribution in [0.1, 0.15) is 88.5 Å². The minimum Gasteiger partial charge on any atom is -0.460 e. The molecule has 0 heterocycles. The monoisotopic (exact) mass is 569 g/mol. The molecule has 0 N–H and O–H groups in total. The molecular weight excluding hydrogens is 522 g/mol. The number of hydrogen-bond acceptors (Lipinski definition) is 8. The number of carbonyl (C=O) groups excluding carboxylic acids is 3. The number of alkyl halides is 1. The normalized spacial score (nSPS) is 11.7. The fourth-order valence-electron chi connectivity index (χ4n) is 2.16. The van der Waals surface area contributed by atoms with Crippen LogP contribution in [0.3, 0.4) is 0 Å². The number of esters is 1. The molecule has 0 saturated heterocycles. The molecule has 208 valence electrons. The van der Waals surface area contributed by atoms with E-state index in [1.165, 1.54) is 0 Å². The average Bonchev–Trinajstić information content (AvgIpc) is 2.64. The van der Waals surface area contributed by atoms with Gasteiger partial charge in [0.05, 0.1) is 19.8 Å². The van der Waals surface area contributed by atoms with Crippen LogP contribution in [0, 0.1) is 0 Å². The fourth-order valence-corrected chi connectivity index (χ4v) is 2.39. The molecular formula is C25H48BrNO8. The number of hydrogen-bond donors (Lipinski definition) is 0. The number of ether oxygens (including phenoxy) is 5.